The molecule has 31 heavy (non-hydrogen) atoms. The van der Waals surface area contributed by atoms with E-state index >= 15 is 0 Å². The molecule has 1 aliphatic carbocycles. The number of nitrogens with one attached hydrogen (secondary N) is 1. The SMILES string of the molecule is CC1=CC(C)(C)Nc2ccc3c(c21)[C@H](C1CC=CCCC1)Oc1ccc(OCO)cc1-3. The van der Waals surface area contributed by atoms with Crippen molar-refractivity contribution in [2.24, 2.45) is 5.92 Å². The molecule has 5 rings (SSSR count). The summed E-state index contributed by atoms with van der Waals surface area (Å²) in [6.45, 7) is 6.29. The number of ether oxygens (including phenoxy) is 2. The molecule has 0 radical (unpaired) electrons. The number of fused-ring (bicyclic) bond motifs is 5. The molecule has 0 fully saturated rings. The van der Waals surface area contributed by atoms with Gasteiger partial charge in [-0.05, 0) is 81.9 Å². The van der Waals surface area contributed by atoms with E-state index in [4.69, 9.17) is 9.47 Å². The van der Waals surface area contributed by atoms with Gasteiger partial charge in [0.15, 0.2) is 6.79 Å². The van der Waals surface area contributed by atoms with Gasteiger partial charge in [-0.3, -0.25) is 0 Å². The number of anilines is 1. The van der Waals surface area contributed by atoms with Gasteiger partial charge in [-0.2, -0.15) is 0 Å². The van der Waals surface area contributed by atoms with E-state index in [9.17, 15) is 5.11 Å². The lowest BCUT2D eigenvalue weighted by atomic mass is 9.77. The van der Waals surface area contributed by atoms with Crippen molar-refractivity contribution in [1.82, 2.24) is 0 Å². The van der Waals surface area contributed by atoms with Gasteiger partial charge in [0.05, 0.1) is 5.54 Å². The summed E-state index contributed by atoms with van der Waals surface area (Å²) in [7, 11) is 0. The van der Waals surface area contributed by atoms with Crippen molar-refractivity contribution in [3.05, 3.63) is 59.7 Å². The van der Waals surface area contributed by atoms with Gasteiger partial charge in [-0.25, -0.2) is 0 Å². The standard InChI is InChI=1S/C27H31NO3/c1-17-15-27(2,3)28-22-12-11-20-21-14-19(30-16-29)10-13-23(21)31-26(25(20)24(17)22)18-8-6-4-5-7-9-18/h4,6,10-15,18,26,28-29H,5,7-9,16H2,1-3H3/t18?,26-/m0/s1. The highest BCUT2D eigenvalue weighted by Crippen LogP contribution is 2.52. The van der Waals surface area contributed by atoms with Crippen molar-refractivity contribution in [2.45, 2.75) is 58.1 Å². The fourth-order valence-electron chi connectivity index (χ4n) is 5.47. The quantitative estimate of drug-likeness (QED) is 0.444. The smallest absolute Gasteiger partial charge is 0.186 e. The van der Waals surface area contributed by atoms with E-state index in [2.05, 4.69) is 56.4 Å². The molecular formula is C27H31NO3. The summed E-state index contributed by atoms with van der Waals surface area (Å²) in [6.07, 6.45) is 11.5. The third-order valence-electron chi connectivity index (χ3n) is 6.66. The van der Waals surface area contributed by atoms with Gasteiger partial charge in [0, 0.05) is 28.3 Å². The van der Waals surface area contributed by atoms with Crippen LogP contribution >= 0.6 is 0 Å². The highest BCUT2D eigenvalue weighted by Gasteiger charge is 2.37. The normalized spacial score (nSPS) is 23.3. The Morgan fingerprint density at radius 2 is 2.03 bits per heavy atom. The second-order valence-corrected chi connectivity index (χ2v) is 9.49. The molecule has 4 nitrogen and oxygen atoms in total. The van der Waals surface area contributed by atoms with E-state index in [1.807, 2.05) is 18.2 Å². The van der Waals surface area contributed by atoms with Gasteiger partial charge in [0.1, 0.15) is 17.6 Å². The summed E-state index contributed by atoms with van der Waals surface area (Å²) in [4.78, 5) is 0. The Balaban J connectivity index is 1.71. The fraction of sp³-hybridized carbons (Fsp3) is 0.407. The molecule has 2 heterocycles. The van der Waals surface area contributed by atoms with Crippen LogP contribution in [-0.2, 0) is 0 Å². The van der Waals surface area contributed by atoms with Crippen LogP contribution < -0.4 is 14.8 Å². The predicted octanol–water partition coefficient (Wildman–Crippen LogP) is 6.47. The molecule has 2 N–H and O–H groups in total. The van der Waals surface area contributed by atoms with Gasteiger partial charge in [0.25, 0.3) is 0 Å². The number of hydrogen-bond donors (Lipinski definition) is 2. The molecule has 0 saturated carbocycles. The molecule has 4 heteroatoms. The molecule has 1 unspecified atom stereocenters. The van der Waals surface area contributed by atoms with Crippen molar-refractivity contribution >= 4 is 11.3 Å². The summed E-state index contributed by atoms with van der Waals surface area (Å²) in [5.74, 6) is 1.98. The Kier molecular flexibility index (Phi) is 5.05. The second-order valence-electron chi connectivity index (χ2n) is 9.49. The average Bonchev–Trinajstić information content (AvgIpc) is 3.01. The van der Waals surface area contributed by atoms with Crippen LogP contribution in [0.3, 0.4) is 0 Å². The van der Waals surface area contributed by atoms with E-state index in [1.165, 1.54) is 34.4 Å². The van der Waals surface area contributed by atoms with Crippen molar-refractivity contribution in [3.8, 4) is 22.6 Å². The van der Waals surface area contributed by atoms with Crippen molar-refractivity contribution in [1.29, 1.82) is 0 Å². The van der Waals surface area contributed by atoms with Gasteiger partial charge in [-0.1, -0.05) is 24.3 Å². The van der Waals surface area contributed by atoms with Gasteiger partial charge < -0.3 is 19.9 Å². The largest absolute Gasteiger partial charge is 0.485 e. The summed E-state index contributed by atoms with van der Waals surface area (Å²) in [5, 5.41) is 12.9. The third-order valence-corrected chi connectivity index (χ3v) is 6.66. The molecule has 2 aromatic rings. The summed E-state index contributed by atoms with van der Waals surface area (Å²) in [5.41, 5.74) is 7.17. The molecule has 2 aliphatic heterocycles. The summed E-state index contributed by atoms with van der Waals surface area (Å²) < 4.78 is 12.1. The monoisotopic (exact) mass is 417 g/mol. The van der Waals surface area contributed by atoms with E-state index in [-0.39, 0.29) is 18.4 Å². The summed E-state index contributed by atoms with van der Waals surface area (Å²) in [6, 6.07) is 10.3. The highest BCUT2D eigenvalue weighted by molar-refractivity contribution is 5.90. The maximum Gasteiger partial charge on any atom is 0.186 e. The van der Waals surface area contributed by atoms with E-state index in [1.54, 1.807) is 0 Å². The summed E-state index contributed by atoms with van der Waals surface area (Å²) >= 11 is 0. The number of aliphatic hydroxyl groups excluding tert-OH is 1. The van der Waals surface area contributed by atoms with Gasteiger partial charge in [0.2, 0.25) is 0 Å². The third kappa shape index (κ3) is 3.63. The Hall–Kier alpha value is -2.72. The number of rotatable bonds is 3. The number of allylic oxidation sites excluding steroid dienone is 3. The van der Waals surface area contributed by atoms with Crippen molar-refractivity contribution in [3.63, 3.8) is 0 Å². The Morgan fingerprint density at radius 1 is 1.16 bits per heavy atom. The van der Waals surface area contributed by atoms with Crippen LogP contribution in [0.2, 0.25) is 0 Å². The van der Waals surface area contributed by atoms with E-state index in [0.717, 1.165) is 30.6 Å². The van der Waals surface area contributed by atoms with Crippen LogP contribution in [-0.4, -0.2) is 17.4 Å². The molecule has 0 bridgehead atoms. The van der Waals surface area contributed by atoms with Crippen LogP contribution in [0.5, 0.6) is 11.5 Å². The zero-order valence-electron chi connectivity index (χ0n) is 18.6. The molecule has 2 aromatic carbocycles. The first-order chi connectivity index (χ1) is 15.0. The molecule has 162 valence electrons. The van der Waals surface area contributed by atoms with Crippen LogP contribution in [0.25, 0.3) is 16.7 Å². The topological polar surface area (TPSA) is 50.7 Å². The molecule has 3 aliphatic rings. The lowest BCUT2D eigenvalue weighted by molar-refractivity contribution is 0.0979. The maximum atomic E-state index is 9.22. The van der Waals surface area contributed by atoms with Crippen molar-refractivity contribution in [2.75, 3.05) is 12.1 Å². The lowest BCUT2D eigenvalue weighted by Gasteiger charge is -2.39. The first-order valence-electron chi connectivity index (χ1n) is 11.3. The lowest BCUT2D eigenvalue weighted by Crippen LogP contribution is -2.33. The van der Waals surface area contributed by atoms with Crippen molar-refractivity contribution < 1.29 is 14.6 Å². The Morgan fingerprint density at radius 3 is 2.87 bits per heavy atom. The van der Waals surface area contributed by atoms with Crippen LogP contribution in [0.4, 0.5) is 5.69 Å². The molecule has 0 spiro atoms. The van der Waals surface area contributed by atoms with Gasteiger partial charge >= 0.3 is 0 Å². The average molecular weight is 418 g/mol. The van der Waals surface area contributed by atoms with Crippen LogP contribution in [0.15, 0.2) is 48.6 Å². The minimum Gasteiger partial charge on any atom is -0.485 e. The minimum atomic E-state index is -0.339. The highest BCUT2D eigenvalue weighted by atomic mass is 16.6. The first-order valence-corrected chi connectivity index (χ1v) is 11.3. The fourth-order valence-corrected chi connectivity index (χ4v) is 5.47. The minimum absolute atomic E-state index is 0.0103. The molecule has 0 saturated heterocycles. The maximum absolute atomic E-state index is 9.22. The number of hydrogen-bond acceptors (Lipinski definition) is 4. The Bertz CT molecular complexity index is 1070. The Labute approximate surface area is 184 Å². The van der Waals surface area contributed by atoms with E-state index < -0.39 is 0 Å². The second kappa shape index (κ2) is 7.76. The number of benzene rings is 2. The number of aliphatic hydroxyl groups is 1. The predicted molar refractivity (Wildman–Crippen MR) is 125 cm³/mol. The molecule has 0 amide bonds. The molecule has 0 aromatic heterocycles. The van der Waals surface area contributed by atoms with Crippen LogP contribution in [0, 0.1) is 5.92 Å². The van der Waals surface area contributed by atoms with E-state index in [0.29, 0.717) is 11.7 Å². The molecular weight excluding hydrogens is 386 g/mol. The zero-order chi connectivity index (χ0) is 21.6. The molecule has 2 atom stereocenters. The van der Waals surface area contributed by atoms with Gasteiger partial charge in [-0.15, -0.1) is 0 Å². The first kappa shape index (κ1) is 20.2. The van der Waals surface area contributed by atoms with Crippen LogP contribution in [0.1, 0.15) is 63.7 Å². The zero-order valence-corrected chi connectivity index (χ0v) is 18.6.